The number of hydrogen-bond donors (Lipinski definition) is 15. The Morgan fingerprint density at radius 1 is 0.549 bits per heavy atom. The molecule has 440 valence electrons. The SMILES string of the molecule is O=C(/C=C/c1ccc(O)c(O)c1)OC[C@H]1O[C@@H](O[C@H]2[C@H](O)[C@@H](OC(=O)/C=C/c3ccc(O)c(O)c3)[C@H](OC[C@H]3O[C@@H](Oc4cc5c(cc4O)C[C@@H](C(=O)O)N5C(=O)/C=C/c4ccc(O)cc4)[C@H](O)[C@@H](O)[C@@H]3O)O[C@@H]2CO)[C@H](O)[C@@H](O)[C@@H]1O. The van der Waals surface area contributed by atoms with E-state index in [1.54, 1.807) is 0 Å². The van der Waals surface area contributed by atoms with Crippen LogP contribution >= 0.6 is 0 Å². The third-order valence-electron chi connectivity index (χ3n) is 13.5. The summed E-state index contributed by atoms with van der Waals surface area (Å²) >= 11 is 0. The number of rotatable bonds is 18. The Kier molecular flexibility index (Phi) is 19.0. The van der Waals surface area contributed by atoms with E-state index in [0.29, 0.717) is 5.56 Å². The third-order valence-corrected chi connectivity index (χ3v) is 13.5. The molecule has 3 fully saturated rings. The van der Waals surface area contributed by atoms with Crippen molar-refractivity contribution < 1.29 is 134 Å². The number of aliphatic hydroxyl groups is 8. The molecule has 0 spiro atoms. The average molecular weight is 1150 g/mol. The smallest absolute Gasteiger partial charge is 0.331 e. The average Bonchev–Trinajstić information content (AvgIpc) is 4.07. The molecule has 16 atom stereocenters. The van der Waals surface area contributed by atoms with Crippen LogP contribution in [0, 0.1) is 0 Å². The molecule has 0 unspecified atom stereocenters. The van der Waals surface area contributed by atoms with Crippen molar-refractivity contribution in [2.45, 2.75) is 105 Å². The van der Waals surface area contributed by atoms with Crippen molar-refractivity contribution in [2.24, 2.45) is 0 Å². The van der Waals surface area contributed by atoms with Crippen LogP contribution in [0.1, 0.15) is 22.3 Å². The summed E-state index contributed by atoms with van der Waals surface area (Å²) in [4.78, 5) is 52.9. The molecule has 4 heterocycles. The summed E-state index contributed by atoms with van der Waals surface area (Å²) < 4.78 is 45.6. The highest BCUT2D eigenvalue weighted by atomic mass is 16.8. The van der Waals surface area contributed by atoms with Crippen LogP contribution in [0.15, 0.2) is 91.0 Å². The van der Waals surface area contributed by atoms with Crippen LogP contribution in [0.2, 0.25) is 0 Å². The molecule has 0 bridgehead atoms. The van der Waals surface area contributed by atoms with Gasteiger partial charge in [-0.3, -0.25) is 9.69 Å². The van der Waals surface area contributed by atoms with Gasteiger partial charge < -0.3 is 114 Å². The molecule has 82 heavy (non-hydrogen) atoms. The molecular weight excluding hydrogens is 1090 g/mol. The zero-order valence-electron chi connectivity index (χ0n) is 42.5. The number of ether oxygens (including phenoxy) is 8. The minimum atomic E-state index is -2.16. The van der Waals surface area contributed by atoms with E-state index in [4.69, 9.17) is 37.9 Å². The number of aromatic hydroxyl groups is 6. The lowest BCUT2D eigenvalue weighted by Crippen LogP contribution is -2.65. The van der Waals surface area contributed by atoms with Gasteiger partial charge in [0.05, 0.1) is 18.9 Å². The highest BCUT2D eigenvalue weighted by Crippen LogP contribution is 2.42. The zero-order valence-corrected chi connectivity index (χ0v) is 42.5. The van der Waals surface area contributed by atoms with Crippen LogP contribution in [0.3, 0.4) is 0 Å². The maximum atomic E-state index is 13.6. The third kappa shape index (κ3) is 13.7. The fraction of sp³-hybridized carbons (Fsp3) is 0.370. The van der Waals surface area contributed by atoms with Gasteiger partial charge in [-0.15, -0.1) is 0 Å². The van der Waals surface area contributed by atoms with Gasteiger partial charge in [-0.05, 0) is 82.9 Å². The minimum Gasteiger partial charge on any atom is -0.508 e. The Labute approximate surface area is 463 Å². The summed E-state index contributed by atoms with van der Waals surface area (Å²) in [5.74, 6) is -7.53. The van der Waals surface area contributed by atoms with Crippen molar-refractivity contribution in [1.29, 1.82) is 0 Å². The van der Waals surface area contributed by atoms with Crippen molar-refractivity contribution in [1.82, 2.24) is 0 Å². The van der Waals surface area contributed by atoms with Crippen LogP contribution in [-0.4, -0.2) is 218 Å². The number of esters is 2. The maximum absolute atomic E-state index is 13.6. The molecule has 1 amide bonds. The minimum absolute atomic E-state index is 0.0315. The normalized spacial score (nSPS) is 30.1. The first-order valence-corrected chi connectivity index (χ1v) is 25.0. The summed E-state index contributed by atoms with van der Waals surface area (Å²) in [5.41, 5.74) is 1.10. The number of carbonyl (C=O) groups is 4. The van der Waals surface area contributed by atoms with Crippen LogP contribution in [0.5, 0.6) is 40.2 Å². The summed E-state index contributed by atoms with van der Waals surface area (Å²) in [6.45, 7) is -2.71. The van der Waals surface area contributed by atoms with E-state index in [1.165, 1.54) is 48.6 Å². The molecule has 3 saturated heterocycles. The summed E-state index contributed by atoms with van der Waals surface area (Å²) in [5, 5.41) is 158. The van der Waals surface area contributed by atoms with Gasteiger partial charge in [0.15, 0.2) is 53.2 Å². The Morgan fingerprint density at radius 3 is 1.70 bits per heavy atom. The Balaban J connectivity index is 0.988. The highest BCUT2D eigenvalue weighted by Gasteiger charge is 2.54. The van der Waals surface area contributed by atoms with Gasteiger partial charge in [0.25, 0.3) is 5.91 Å². The lowest BCUT2D eigenvalue weighted by atomic mass is 9.96. The molecule has 4 aliphatic rings. The van der Waals surface area contributed by atoms with Gasteiger partial charge >= 0.3 is 17.9 Å². The van der Waals surface area contributed by atoms with E-state index in [1.807, 2.05) is 0 Å². The number of anilines is 1. The fourth-order valence-electron chi connectivity index (χ4n) is 9.11. The van der Waals surface area contributed by atoms with Crippen molar-refractivity contribution in [2.75, 3.05) is 24.7 Å². The van der Waals surface area contributed by atoms with Crippen LogP contribution < -0.4 is 9.64 Å². The molecule has 4 aliphatic heterocycles. The summed E-state index contributed by atoms with van der Waals surface area (Å²) in [6.07, 6.45) is -23.1. The van der Waals surface area contributed by atoms with Crippen molar-refractivity contribution in [3.05, 3.63) is 113 Å². The number of aliphatic carboxylic acids is 1. The van der Waals surface area contributed by atoms with E-state index in [0.717, 1.165) is 65.6 Å². The van der Waals surface area contributed by atoms with Crippen molar-refractivity contribution >= 4 is 47.7 Å². The molecule has 8 rings (SSSR count). The first-order chi connectivity index (χ1) is 39.0. The quantitative estimate of drug-likeness (QED) is 0.0301. The number of hydrogen-bond acceptors (Lipinski definition) is 26. The largest absolute Gasteiger partial charge is 0.508 e. The molecule has 0 saturated carbocycles. The highest BCUT2D eigenvalue weighted by molar-refractivity contribution is 6.09. The monoisotopic (exact) mass is 1150 g/mol. The van der Waals surface area contributed by atoms with E-state index in [-0.39, 0.29) is 34.5 Å². The number of aliphatic hydroxyl groups excluding tert-OH is 8. The molecule has 0 radical (unpaired) electrons. The predicted molar refractivity (Wildman–Crippen MR) is 273 cm³/mol. The molecule has 4 aromatic rings. The van der Waals surface area contributed by atoms with Gasteiger partial charge in [-0.1, -0.05) is 24.3 Å². The molecule has 28 nitrogen and oxygen atoms in total. The Morgan fingerprint density at radius 2 is 1.10 bits per heavy atom. The first-order valence-electron chi connectivity index (χ1n) is 25.0. The van der Waals surface area contributed by atoms with E-state index < -0.39 is 176 Å². The first kappa shape index (κ1) is 60.2. The maximum Gasteiger partial charge on any atom is 0.331 e. The molecule has 15 N–H and O–H groups in total. The van der Waals surface area contributed by atoms with Crippen molar-refractivity contribution in [3.8, 4) is 40.2 Å². The van der Waals surface area contributed by atoms with Crippen molar-refractivity contribution in [3.63, 3.8) is 0 Å². The number of benzene rings is 4. The van der Waals surface area contributed by atoms with Gasteiger partial charge in [0, 0.05) is 30.7 Å². The topological polar surface area (TPSA) is 449 Å². The molecule has 0 aliphatic carbocycles. The number of phenolic OH excluding ortho intramolecular Hbond substituents is 6. The second kappa shape index (κ2) is 25.9. The number of nitrogens with zero attached hydrogens (tertiary/aromatic N) is 1. The van der Waals surface area contributed by atoms with E-state index in [9.17, 15) is 95.8 Å². The Bertz CT molecular complexity index is 3040. The van der Waals surface area contributed by atoms with Crippen LogP contribution in [0.4, 0.5) is 5.69 Å². The summed E-state index contributed by atoms with van der Waals surface area (Å²) in [6, 6.07) is 13.7. The molecular formula is C54H57NO27. The number of amides is 1. The second-order valence-electron chi connectivity index (χ2n) is 19.1. The molecule has 4 aromatic carbocycles. The second-order valence-corrected chi connectivity index (χ2v) is 19.1. The van der Waals surface area contributed by atoms with E-state index in [2.05, 4.69) is 0 Å². The van der Waals surface area contributed by atoms with Gasteiger partial charge in [0.1, 0.15) is 85.5 Å². The zero-order chi connectivity index (χ0) is 59.3. The molecule has 28 heteroatoms. The number of carboxylic acid groups (broad SMARTS) is 1. The molecule has 0 aromatic heterocycles. The standard InChI is InChI=1S/C54H57NO27/c56-20-36-49(82-53-47(71)45(69)42(66)37(80-53)21-75-40(64)13-6-24-3-10-30(58)32(60)15-24)48(72)50(81-41(65)14-7-25-4-11-31(59)33(61)16-25)54(78-36)76-22-38-43(67)44(68)46(70)52(79-38)77-35-19-28-26(18-34(35)62)17-29(51(73)74)55(28)39(63)12-5-23-1-8-27(57)9-2-23/h1-16,18-19,29,36-38,42-50,52-54,56-62,66-72H,17,20-22H2,(H,73,74)/b12-5+,13-6+,14-7+/t29-,36+,37+,38+,42+,43+,44-,45-,46+,47+,48-,49+,50+,52+,53-,54+/m0/s1. The van der Waals surface area contributed by atoms with Crippen LogP contribution in [0.25, 0.3) is 18.2 Å². The van der Waals surface area contributed by atoms with Crippen LogP contribution in [-0.2, 0) is 58.8 Å². The number of fused-ring (bicyclic) bond motifs is 1. The van der Waals surface area contributed by atoms with Gasteiger partial charge in [-0.25, -0.2) is 14.4 Å². The Hall–Kier alpha value is -7.94. The van der Waals surface area contributed by atoms with Gasteiger partial charge in [0.2, 0.25) is 6.29 Å². The lowest BCUT2D eigenvalue weighted by molar-refractivity contribution is -0.363. The fourth-order valence-corrected chi connectivity index (χ4v) is 9.11. The number of carbonyl (C=O) groups excluding carboxylic acids is 3. The number of phenols is 6. The number of carboxylic acids is 1. The predicted octanol–water partition coefficient (Wildman–Crippen LogP) is -1.67. The van der Waals surface area contributed by atoms with Gasteiger partial charge in [-0.2, -0.15) is 0 Å². The van der Waals surface area contributed by atoms with E-state index >= 15 is 0 Å². The summed E-state index contributed by atoms with van der Waals surface area (Å²) in [7, 11) is 0. The lowest BCUT2D eigenvalue weighted by Gasteiger charge is -2.47.